The third-order valence-electron chi connectivity index (χ3n) is 3.39. The Bertz CT molecular complexity index is 284. The van der Waals surface area contributed by atoms with Gasteiger partial charge in [0.1, 0.15) is 6.42 Å². The Labute approximate surface area is 90.5 Å². The summed E-state index contributed by atoms with van der Waals surface area (Å²) in [7, 11) is 0. The molecule has 1 atom stereocenters. The van der Waals surface area contributed by atoms with Crippen LogP contribution in [0.4, 0.5) is 0 Å². The van der Waals surface area contributed by atoms with Gasteiger partial charge in [-0.25, -0.2) is 0 Å². The fourth-order valence-corrected chi connectivity index (χ4v) is 2.61. The molecule has 2 fully saturated rings. The molecule has 0 aromatic rings. The fourth-order valence-electron chi connectivity index (χ4n) is 2.61. The van der Waals surface area contributed by atoms with E-state index in [2.05, 4.69) is 4.90 Å². The highest BCUT2D eigenvalue weighted by atomic mass is 16.2. The summed E-state index contributed by atoms with van der Waals surface area (Å²) in [5.41, 5.74) is 0. The topological polar surface area (TPSA) is 47.3 Å². The van der Waals surface area contributed by atoms with Gasteiger partial charge in [-0.2, -0.15) is 5.26 Å². The first-order valence-corrected chi connectivity index (χ1v) is 5.70. The maximum absolute atomic E-state index is 11.6. The lowest BCUT2D eigenvalue weighted by Gasteiger charge is -2.25. The van der Waals surface area contributed by atoms with E-state index in [0.29, 0.717) is 6.04 Å². The molecular formula is C11H17N3O. The van der Waals surface area contributed by atoms with E-state index in [-0.39, 0.29) is 12.3 Å². The Morgan fingerprint density at radius 1 is 1.33 bits per heavy atom. The highest BCUT2D eigenvalue weighted by molar-refractivity contribution is 5.78. The van der Waals surface area contributed by atoms with Crippen LogP contribution >= 0.6 is 0 Å². The van der Waals surface area contributed by atoms with Crippen LogP contribution in [0.15, 0.2) is 0 Å². The van der Waals surface area contributed by atoms with E-state index in [1.165, 1.54) is 19.4 Å². The van der Waals surface area contributed by atoms with E-state index in [1.54, 1.807) is 0 Å². The Kier molecular flexibility index (Phi) is 3.22. The van der Waals surface area contributed by atoms with E-state index in [1.807, 2.05) is 11.0 Å². The van der Waals surface area contributed by atoms with Crippen LogP contribution in [-0.4, -0.2) is 47.9 Å². The fraction of sp³-hybridized carbons (Fsp3) is 0.818. The van der Waals surface area contributed by atoms with Gasteiger partial charge in [-0.1, -0.05) is 0 Å². The quantitative estimate of drug-likeness (QED) is 0.632. The number of amides is 1. The molecule has 0 spiro atoms. The van der Waals surface area contributed by atoms with Crippen LogP contribution in [0.1, 0.15) is 25.7 Å². The molecule has 2 rings (SSSR count). The van der Waals surface area contributed by atoms with Crippen molar-refractivity contribution in [2.45, 2.75) is 31.7 Å². The van der Waals surface area contributed by atoms with E-state index >= 15 is 0 Å². The second-order valence-electron chi connectivity index (χ2n) is 4.36. The molecule has 2 saturated heterocycles. The first-order valence-electron chi connectivity index (χ1n) is 5.70. The zero-order chi connectivity index (χ0) is 10.7. The minimum absolute atomic E-state index is 0.00579. The summed E-state index contributed by atoms with van der Waals surface area (Å²) in [6, 6.07) is 2.49. The first-order chi connectivity index (χ1) is 7.31. The number of nitrogens with zero attached hydrogens (tertiary/aromatic N) is 3. The van der Waals surface area contributed by atoms with Crippen molar-refractivity contribution in [2.24, 2.45) is 0 Å². The van der Waals surface area contributed by atoms with Crippen LogP contribution in [0.5, 0.6) is 0 Å². The Hall–Kier alpha value is -1.08. The summed E-state index contributed by atoms with van der Waals surface area (Å²) in [5.74, 6) is 0.00579. The molecule has 4 heteroatoms. The van der Waals surface area contributed by atoms with Crippen molar-refractivity contribution in [3.63, 3.8) is 0 Å². The van der Waals surface area contributed by atoms with Crippen molar-refractivity contribution >= 4 is 5.91 Å². The average Bonchev–Trinajstić information content (AvgIpc) is 2.56. The van der Waals surface area contributed by atoms with Crippen LogP contribution in [-0.2, 0) is 4.79 Å². The molecule has 0 aromatic heterocycles. The lowest BCUT2D eigenvalue weighted by atomic mass is 10.2. The monoisotopic (exact) mass is 207 g/mol. The molecule has 0 radical (unpaired) electrons. The van der Waals surface area contributed by atoms with Gasteiger partial charge < -0.3 is 4.90 Å². The molecule has 4 nitrogen and oxygen atoms in total. The SMILES string of the molecule is N#CCC(=O)N1CCCN2CCCC2C1. The standard InChI is InChI=1S/C11H17N3O/c12-5-4-11(15)14-8-2-7-13-6-1-3-10(13)9-14/h10H,1-4,6-9H2. The van der Waals surface area contributed by atoms with E-state index in [4.69, 9.17) is 5.26 Å². The van der Waals surface area contributed by atoms with Gasteiger partial charge in [-0.3, -0.25) is 9.69 Å². The van der Waals surface area contributed by atoms with E-state index in [9.17, 15) is 4.79 Å². The highest BCUT2D eigenvalue weighted by Gasteiger charge is 2.30. The molecule has 2 heterocycles. The summed E-state index contributed by atoms with van der Waals surface area (Å²) < 4.78 is 0. The van der Waals surface area contributed by atoms with Gasteiger partial charge in [0.25, 0.3) is 0 Å². The summed E-state index contributed by atoms with van der Waals surface area (Å²) >= 11 is 0. The predicted molar refractivity (Wildman–Crippen MR) is 56.0 cm³/mol. The third-order valence-corrected chi connectivity index (χ3v) is 3.39. The van der Waals surface area contributed by atoms with Gasteiger partial charge in [0, 0.05) is 25.7 Å². The second kappa shape index (κ2) is 4.63. The molecule has 0 bridgehead atoms. The molecule has 0 aliphatic carbocycles. The van der Waals surface area contributed by atoms with Crippen molar-refractivity contribution in [2.75, 3.05) is 26.2 Å². The Morgan fingerprint density at radius 2 is 2.13 bits per heavy atom. The number of carbonyl (C=O) groups is 1. The second-order valence-corrected chi connectivity index (χ2v) is 4.36. The maximum Gasteiger partial charge on any atom is 0.236 e. The zero-order valence-corrected chi connectivity index (χ0v) is 8.98. The van der Waals surface area contributed by atoms with Crippen molar-refractivity contribution < 1.29 is 4.79 Å². The predicted octanol–water partition coefficient (Wildman–Crippen LogP) is 0.597. The van der Waals surface area contributed by atoms with Crippen LogP contribution < -0.4 is 0 Å². The van der Waals surface area contributed by atoms with Crippen molar-refractivity contribution in [1.82, 2.24) is 9.80 Å². The van der Waals surface area contributed by atoms with Gasteiger partial charge >= 0.3 is 0 Å². The maximum atomic E-state index is 11.6. The van der Waals surface area contributed by atoms with Crippen LogP contribution in [0.25, 0.3) is 0 Å². The van der Waals surface area contributed by atoms with Crippen LogP contribution in [0, 0.1) is 11.3 Å². The summed E-state index contributed by atoms with van der Waals surface area (Å²) in [4.78, 5) is 16.0. The summed E-state index contributed by atoms with van der Waals surface area (Å²) in [5, 5.41) is 8.52. The summed E-state index contributed by atoms with van der Waals surface area (Å²) in [6.07, 6.45) is 3.54. The zero-order valence-electron chi connectivity index (χ0n) is 8.98. The Morgan fingerprint density at radius 3 is 2.93 bits per heavy atom. The van der Waals surface area contributed by atoms with Crippen LogP contribution in [0.3, 0.4) is 0 Å². The van der Waals surface area contributed by atoms with Crippen LogP contribution in [0.2, 0.25) is 0 Å². The lowest BCUT2D eigenvalue weighted by molar-refractivity contribution is -0.130. The largest absolute Gasteiger partial charge is 0.340 e. The normalized spacial score (nSPS) is 26.9. The smallest absolute Gasteiger partial charge is 0.236 e. The minimum Gasteiger partial charge on any atom is -0.340 e. The number of rotatable bonds is 1. The van der Waals surface area contributed by atoms with Gasteiger partial charge in [-0.05, 0) is 25.8 Å². The van der Waals surface area contributed by atoms with E-state index < -0.39 is 0 Å². The van der Waals surface area contributed by atoms with Gasteiger partial charge in [0.2, 0.25) is 5.91 Å². The van der Waals surface area contributed by atoms with E-state index in [0.717, 1.165) is 26.1 Å². The summed E-state index contributed by atoms with van der Waals surface area (Å²) in [6.45, 7) is 3.96. The number of nitriles is 1. The molecule has 0 saturated carbocycles. The molecule has 2 aliphatic rings. The van der Waals surface area contributed by atoms with Gasteiger partial charge in [0.05, 0.1) is 6.07 Å². The third kappa shape index (κ3) is 2.29. The van der Waals surface area contributed by atoms with Gasteiger partial charge in [0.15, 0.2) is 0 Å². The number of carbonyl (C=O) groups excluding carboxylic acids is 1. The molecule has 0 aromatic carbocycles. The molecule has 1 unspecified atom stereocenters. The van der Waals surface area contributed by atoms with Crippen molar-refractivity contribution in [3.8, 4) is 6.07 Å². The Balaban J connectivity index is 1.96. The van der Waals surface area contributed by atoms with Crippen molar-refractivity contribution in [1.29, 1.82) is 5.26 Å². The number of hydrogen-bond acceptors (Lipinski definition) is 3. The molecular weight excluding hydrogens is 190 g/mol. The number of fused-ring (bicyclic) bond motifs is 1. The van der Waals surface area contributed by atoms with Crippen molar-refractivity contribution in [3.05, 3.63) is 0 Å². The molecule has 82 valence electrons. The highest BCUT2D eigenvalue weighted by Crippen LogP contribution is 2.21. The average molecular weight is 207 g/mol. The molecule has 0 N–H and O–H groups in total. The lowest BCUT2D eigenvalue weighted by Crippen LogP contribution is -2.39. The minimum atomic E-state index is 0.00579. The number of hydrogen-bond donors (Lipinski definition) is 0. The molecule has 1 amide bonds. The first kappa shape index (κ1) is 10.4. The molecule has 2 aliphatic heterocycles. The molecule has 15 heavy (non-hydrogen) atoms. The van der Waals surface area contributed by atoms with Gasteiger partial charge in [-0.15, -0.1) is 0 Å².